The van der Waals surface area contributed by atoms with Crippen LogP contribution in [0.15, 0.2) is 14.3 Å². The molecule has 5 heteroatoms. The highest BCUT2D eigenvalue weighted by Gasteiger charge is 2.20. The van der Waals surface area contributed by atoms with Gasteiger partial charge in [-0.3, -0.25) is 4.79 Å². The minimum atomic E-state index is 0.102. The first-order valence-corrected chi connectivity index (χ1v) is 7.63. The molecule has 1 heterocycles. The fourth-order valence-corrected chi connectivity index (χ4v) is 3.65. The van der Waals surface area contributed by atoms with Crippen LogP contribution in [0.4, 0.5) is 0 Å². The minimum Gasteiger partial charge on any atom is -0.338 e. The predicted octanol–water partition coefficient (Wildman–Crippen LogP) is 4.53. The van der Waals surface area contributed by atoms with Gasteiger partial charge < -0.3 is 4.90 Å². The van der Waals surface area contributed by atoms with Crippen LogP contribution in [-0.2, 0) is 0 Å². The molecule has 90 valence electrons. The lowest BCUT2D eigenvalue weighted by Crippen LogP contribution is -2.35. The van der Waals surface area contributed by atoms with Crippen molar-refractivity contribution >= 4 is 49.1 Å². The Labute approximate surface area is 117 Å². The van der Waals surface area contributed by atoms with Crippen molar-refractivity contribution in [2.24, 2.45) is 0 Å². The maximum Gasteiger partial charge on any atom is 0.263 e. The number of carbonyl (C=O) groups excluding carboxylic acids is 1. The van der Waals surface area contributed by atoms with Gasteiger partial charge in [0, 0.05) is 17.6 Å². The van der Waals surface area contributed by atoms with E-state index in [0.717, 1.165) is 26.0 Å². The summed E-state index contributed by atoms with van der Waals surface area (Å²) in [6, 6.07) is 2.20. The van der Waals surface area contributed by atoms with E-state index in [0.29, 0.717) is 6.04 Å². The highest BCUT2D eigenvalue weighted by molar-refractivity contribution is 9.13. The van der Waals surface area contributed by atoms with Crippen molar-refractivity contribution in [3.8, 4) is 0 Å². The first-order chi connectivity index (χ1) is 7.51. The van der Waals surface area contributed by atoms with Crippen molar-refractivity contribution in [1.29, 1.82) is 0 Å². The monoisotopic (exact) mass is 367 g/mol. The Balaban J connectivity index is 2.85. The number of hydrogen-bond acceptors (Lipinski definition) is 2. The zero-order valence-electron chi connectivity index (χ0n) is 9.59. The van der Waals surface area contributed by atoms with Gasteiger partial charge in [-0.25, -0.2) is 0 Å². The second kappa shape index (κ2) is 6.17. The first-order valence-electron chi connectivity index (χ1n) is 5.23. The summed E-state index contributed by atoms with van der Waals surface area (Å²) in [5.41, 5.74) is 0. The fourth-order valence-electron chi connectivity index (χ4n) is 1.63. The molecule has 0 fully saturated rings. The van der Waals surface area contributed by atoms with Gasteiger partial charge in [0.05, 0.1) is 8.66 Å². The molecular weight excluding hydrogens is 354 g/mol. The summed E-state index contributed by atoms with van der Waals surface area (Å²) >= 11 is 8.27. The molecule has 2 nitrogen and oxygen atoms in total. The van der Waals surface area contributed by atoms with E-state index in [4.69, 9.17) is 0 Å². The largest absolute Gasteiger partial charge is 0.338 e. The van der Waals surface area contributed by atoms with Crippen LogP contribution < -0.4 is 0 Å². The number of halogens is 2. The fraction of sp³-hybridized carbons (Fsp3) is 0.545. The number of rotatable bonds is 4. The number of carbonyl (C=O) groups is 1. The van der Waals surface area contributed by atoms with E-state index in [1.165, 1.54) is 11.3 Å². The smallest absolute Gasteiger partial charge is 0.263 e. The normalized spacial score (nSPS) is 10.9. The van der Waals surface area contributed by atoms with Crippen LogP contribution in [0.25, 0.3) is 0 Å². The molecule has 16 heavy (non-hydrogen) atoms. The van der Waals surface area contributed by atoms with Gasteiger partial charge in [-0.1, -0.05) is 13.8 Å². The summed E-state index contributed by atoms with van der Waals surface area (Å²) in [4.78, 5) is 14.8. The summed E-state index contributed by atoms with van der Waals surface area (Å²) < 4.78 is 1.91. The lowest BCUT2D eigenvalue weighted by Gasteiger charge is -2.25. The molecule has 0 aliphatic heterocycles. The lowest BCUT2D eigenvalue weighted by molar-refractivity contribution is 0.0728. The second-order valence-corrected chi connectivity index (χ2v) is 6.84. The van der Waals surface area contributed by atoms with Crippen LogP contribution in [0.3, 0.4) is 0 Å². The molecule has 0 aliphatic rings. The van der Waals surface area contributed by atoms with Crippen molar-refractivity contribution in [1.82, 2.24) is 4.90 Å². The molecule has 1 rings (SSSR count). The van der Waals surface area contributed by atoms with Gasteiger partial charge in [0.2, 0.25) is 0 Å². The molecule has 0 atom stereocenters. The maximum atomic E-state index is 12.2. The molecule has 0 radical (unpaired) electrons. The van der Waals surface area contributed by atoms with E-state index in [1.54, 1.807) is 0 Å². The van der Waals surface area contributed by atoms with Crippen molar-refractivity contribution in [3.63, 3.8) is 0 Å². The topological polar surface area (TPSA) is 20.3 Å². The third-order valence-corrected chi connectivity index (χ3v) is 5.91. The zero-order chi connectivity index (χ0) is 12.3. The predicted molar refractivity (Wildman–Crippen MR) is 76.2 cm³/mol. The lowest BCUT2D eigenvalue weighted by atomic mass is 10.1. The van der Waals surface area contributed by atoms with Crippen molar-refractivity contribution in [2.75, 3.05) is 7.05 Å². The molecule has 1 aromatic heterocycles. The minimum absolute atomic E-state index is 0.102. The number of nitrogens with zero attached hydrogens (tertiary/aromatic N) is 1. The summed E-state index contributed by atoms with van der Waals surface area (Å²) in [5.74, 6) is 0.102. The molecular formula is C11H15Br2NOS. The van der Waals surface area contributed by atoms with E-state index in [9.17, 15) is 4.79 Å². The van der Waals surface area contributed by atoms with Gasteiger partial charge in [-0.05, 0) is 50.8 Å². The van der Waals surface area contributed by atoms with Crippen molar-refractivity contribution in [3.05, 3.63) is 19.2 Å². The van der Waals surface area contributed by atoms with Crippen molar-refractivity contribution < 1.29 is 4.79 Å². The Kier molecular flexibility index (Phi) is 5.47. The van der Waals surface area contributed by atoms with Gasteiger partial charge >= 0.3 is 0 Å². The van der Waals surface area contributed by atoms with E-state index in [-0.39, 0.29) is 5.91 Å². The standard InChI is InChI=1S/C11H15Br2NOS/c1-4-7(5-2)14(3)11(15)9-6-8(12)10(13)16-9/h6-7H,4-5H2,1-3H3. The quantitative estimate of drug-likeness (QED) is 0.764. The molecule has 1 aromatic rings. The van der Waals surface area contributed by atoms with Gasteiger partial charge in [0.25, 0.3) is 5.91 Å². The van der Waals surface area contributed by atoms with Gasteiger partial charge in [0.15, 0.2) is 0 Å². The maximum absolute atomic E-state index is 12.2. The van der Waals surface area contributed by atoms with Crippen LogP contribution >= 0.6 is 43.2 Å². The van der Waals surface area contributed by atoms with Crippen LogP contribution in [0, 0.1) is 0 Å². The first kappa shape index (κ1) is 14.2. The summed E-state index contributed by atoms with van der Waals surface area (Å²) in [6.45, 7) is 4.22. The summed E-state index contributed by atoms with van der Waals surface area (Å²) in [6.07, 6.45) is 1.99. The van der Waals surface area contributed by atoms with Crippen LogP contribution in [-0.4, -0.2) is 23.9 Å². The van der Waals surface area contributed by atoms with Crippen molar-refractivity contribution in [2.45, 2.75) is 32.7 Å². The summed E-state index contributed by atoms with van der Waals surface area (Å²) in [7, 11) is 1.88. The Hall–Kier alpha value is 0.130. The molecule has 0 spiro atoms. The second-order valence-electron chi connectivity index (χ2n) is 3.62. The molecule has 1 amide bonds. The Morgan fingerprint density at radius 2 is 2.00 bits per heavy atom. The van der Waals surface area contributed by atoms with E-state index in [1.807, 2.05) is 18.0 Å². The number of hydrogen-bond donors (Lipinski definition) is 0. The molecule has 0 aromatic carbocycles. The van der Waals surface area contributed by atoms with Gasteiger partial charge in [-0.2, -0.15) is 0 Å². The van der Waals surface area contributed by atoms with Crippen LogP contribution in [0.2, 0.25) is 0 Å². The highest BCUT2D eigenvalue weighted by Crippen LogP contribution is 2.33. The molecule has 0 bridgehead atoms. The molecule has 0 saturated heterocycles. The van der Waals surface area contributed by atoms with E-state index < -0.39 is 0 Å². The zero-order valence-corrected chi connectivity index (χ0v) is 13.6. The third kappa shape index (κ3) is 3.08. The van der Waals surface area contributed by atoms with Gasteiger partial charge in [-0.15, -0.1) is 11.3 Å². The Bertz CT molecular complexity index is 355. The van der Waals surface area contributed by atoms with E-state index in [2.05, 4.69) is 45.7 Å². The van der Waals surface area contributed by atoms with Gasteiger partial charge in [0.1, 0.15) is 0 Å². The molecule has 0 unspecified atom stereocenters. The Morgan fingerprint density at radius 3 is 2.38 bits per heavy atom. The highest BCUT2D eigenvalue weighted by atomic mass is 79.9. The third-order valence-electron chi connectivity index (χ3n) is 2.67. The average Bonchev–Trinajstić information content (AvgIpc) is 2.59. The van der Waals surface area contributed by atoms with Crippen LogP contribution in [0.1, 0.15) is 36.4 Å². The van der Waals surface area contributed by atoms with E-state index >= 15 is 0 Å². The Morgan fingerprint density at radius 1 is 1.44 bits per heavy atom. The molecule has 0 saturated carbocycles. The SMILES string of the molecule is CCC(CC)N(C)C(=O)c1cc(Br)c(Br)s1. The number of amides is 1. The molecule has 0 aliphatic carbocycles. The number of thiophene rings is 1. The summed E-state index contributed by atoms with van der Waals surface area (Å²) in [5, 5.41) is 0. The average molecular weight is 369 g/mol. The van der Waals surface area contributed by atoms with Crippen LogP contribution in [0.5, 0.6) is 0 Å². The molecule has 0 N–H and O–H groups in total.